The molecule has 1 heterocycles. The number of aromatic nitrogens is 1. The summed E-state index contributed by atoms with van der Waals surface area (Å²) in [5.41, 5.74) is 2.90. The highest BCUT2D eigenvalue weighted by Gasteiger charge is 2.40. The summed E-state index contributed by atoms with van der Waals surface area (Å²) < 4.78 is 36.4. The fourth-order valence-electron chi connectivity index (χ4n) is 0.788. The van der Waals surface area contributed by atoms with Gasteiger partial charge < -0.3 is 15.8 Å². The molecule has 0 radical (unpaired) electrons. The molecule has 5 nitrogen and oxygen atoms in total. The lowest BCUT2D eigenvalue weighted by Gasteiger charge is -2.03. The molecule has 1 aromatic rings. The van der Waals surface area contributed by atoms with Gasteiger partial charge in [0, 0.05) is 6.07 Å². The maximum atomic E-state index is 12.1. The van der Waals surface area contributed by atoms with Gasteiger partial charge in [-0.15, -0.1) is 0 Å². The number of nitrogens with zero attached hydrogens (tertiary/aromatic N) is 2. The highest BCUT2D eigenvalue weighted by Crippen LogP contribution is 2.32. The lowest BCUT2D eigenvalue weighted by Crippen LogP contribution is -2.12. The molecule has 0 spiro atoms. The molecule has 0 aliphatic rings. The fourth-order valence-corrected chi connectivity index (χ4v) is 0.788. The Bertz CT molecular complexity index is 377. The molecule has 2 N–H and O–H groups in total. The zero-order valence-corrected chi connectivity index (χ0v) is 6.58. The van der Waals surface area contributed by atoms with Crippen molar-refractivity contribution in [2.45, 2.75) is 6.18 Å². The molecule has 0 aliphatic carbocycles. The van der Waals surface area contributed by atoms with E-state index < -0.39 is 28.3 Å². The van der Waals surface area contributed by atoms with Crippen LogP contribution in [0.2, 0.25) is 0 Å². The summed E-state index contributed by atoms with van der Waals surface area (Å²) in [6, 6.07) is 1.61. The molecule has 0 amide bonds. The molecule has 0 aliphatic heterocycles. The Kier molecular flexibility index (Phi) is 2.28. The molecule has 1 aromatic heterocycles. The Hall–Kier alpha value is -1.86. The van der Waals surface area contributed by atoms with Crippen LogP contribution in [0.4, 0.5) is 24.7 Å². The zero-order chi connectivity index (χ0) is 10.9. The lowest BCUT2D eigenvalue weighted by atomic mass is 10.3. The van der Waals surface area contributed by atoms with Gasteiger partial charge in [-0.25, -0.2) is 0 Å². The lowest BCUT2D eigenvalue weighted by molar-refractivity contribution is -0.390. The maximum Gasteiger partial charge on any atom is 0.460 e. The number of alkyl halides is 3. The standard InChI is InChI=1S/C6H4F3N3O2/c7-6(8,9)5-3(10)1-2-4(11-5)12(13)14/h1-2H,10H2. The summed E-state index contributed by atoms with van der Waals surface area (Å²) in [7, 11) is 0. The molecule has 0 aromatic carbocycles. The SMILES string of the molecule is Nc1ccc([N+](=O)[O-])nc1C(F)(F)F. The van der Waals surface area contributed by atoms with E-state index in [1.165, 1.54) is 0 Å². The van der Waals surface area contributed by atoms with Crippen molar-refractivity contribution in [3.63, 3.8) is 0 Å². The van der Waals surface area contributed by atoms with Crippen LogP contribution >= 0.6 is 0 Å². The molecule has 0 bridgehead atoms. The van der Waals surface area contributed by atoms with Crippen LogP contribution in [0.3, 0.4) is 0 Å². The molecular weight excluding hydrogens is 203 g/mol. The summed E-state index contributed by atoms with van der Waals surface area (Å²) in [6.07, 6.45) is -4.78. The maximum absolute atomic E-state index is 12.1. The summed E-state index contributed by atoms with van der Waals surface area (Å²) >= 11 is 0. The summed E-state index contributed by atoms with van der Waals surface area (Å²) in [4.78, 5) is 11.9. The van der Waals surface area contributed by atoms with E-state index in [9.17, 15) is 23.3 Å². The first-order valence-corrected chi connectivity index (χ1v) is 3.30. The highest BCUT2D eigenvalue weighted by molar-refractivity contribution is 5.47. The first-order chi connectivity index (χ1) is 6.32. The number of nitrogen functional groups attached to an aromatic ring is 1. The van der Waals surface area contributed by atoms with Crippen molar-refractivity contribution in [3.8, 4) is 0 Å². The Balaban J connectivity index is 3.29. The van der Waals surface area contributed by atoms with Gasteiger partial charge in [0.05, 0.1) is 5.69 Å². The van der Waals surface area contributed by atoms with Crippen LogP contribution in [0.25, 0.3) is 0 Å². The van der Waals surface area contributed by atoms with Crippen molar-refractivity contribution < 1.29 is 18.1 Å². The molecule has 8 heteroatoms. The van der Waals surface area contributed by atoms with E-state index in [0.29, 0.717) is 0 Å². The number of hydrogen-bond donors (Lipinski definition) is 1. The van der Waals surface area contributed by atoms with Crippen LogP contribution in [-0.2, 0) is 6.18 Å². The number of rotatable bonds is 1. The van der Waals surface area contributed by atoms with Gasteiger partial charge in [0.25, 0.3) is 5.69 Å². The summed E-state index contributed by atoms with van der Waals surface area (Å²) in [6.45, 7) is 0. The van der Waals surface area contributed by atoms with Gasteiger partial charge in [-0.2, -0.15) is 13.2 Å². The van der Waals surface area contributed by atoms with E-state index in [2.05, 4.69) is 4.98 Å². The van der Waals surface area contributed by atoms with Crippen LogP contribution in [0.5, 0.6) is 0 Å². The predicted molar refractivity (Wildman–Crippen MR) is 40.3 cm³/mol. The summed E-state index contributed by atoms with van der Waals surface area (Å²) in [5, 5.41) is 10.1. The van der Waals surface area contributed by atoms with E-state index in [4.69, 9.17) is 5.73 Å². The van der Waals surface area contributed by atoms with Crippen molar-refractivity contribution >= 4 is 11.5 Å². The number of nitrogens with two attached hydrogens (primary N) is 1. The van der Waals surface area contributed by atoms with Crippen LogP contribution in [-0.4, -0.2) is 9.91 Å². The largest absolute Gasteiger partial charge is 0.460 e. The molecule has 0 saturated heterocycles. The van der Waals surface area contributed by atoms with E-state index in [1.54, 1.807) is 0 Å². The predicted octanol–water partition coefficient (Wildman–Crippen LogP) is 1.59. The molecule has 1 rings (SSSR count). The Morgan fingerprint density at radius 2 is 2.00 bits per heavy atom. The third-order valence-electron chi connectivity index (χ3n) is 1.37. The van der Waals surface area contributed by atoms with E-state index >= 15 is 0 Å². The Morgan fingerprint density at radius 1 is 1.43 bits per heavy atom. The second kappa shape index (κ2) is 3.13. The summed E-state index contributed by atoms with van der Waals surface area (Å²) in [5.74, 6) is -0.883. The van der Waals surface area contributed by atoms with Crippen molar-refractivity contribution in [1.29, 1.82) is 0 Å². The minimum atomic E-state index is -4.78. The number of anilines is 1. The fraction of sp³-hybridized carbons (Fsp3) is 0.167. The van der Waals surface area contributed by atoms with Gasteiger partial charge >= 0.3 is 12.0 Å². The van der Waals surface area contributed by atoms with Crippen LogP contribution < -0.4 is 5.73 Å². The van der Waals surface area contributed by atoms with E-state index in [0.717, 1.165) is 12.1 Å². The third kappa shape index (κ3) is 1.90. The quantitative estimate of drug-likeness (QED) is 0.559. The molecular formula is C6H4F3N3O2. The molecule has 0 fully saturated rings. The first-order valence-electron chi connectivity index (χ1n) is 3.30. The number of nitro groups is 1. The van der Waals surface area contributed by atoms with Gasteiger partial charge in [-0.3, -0.25) is 0 Å². The minimum Gasteiger partial charge on any atom is -0.395 e. The second-order valence-electron chi connectivity index (χ2n) is 2.36. The van der Waals surface area contributed by atoms with Crippen molar-refractivity contribution in [3.05, 3.63) is 27.9 Å². The minimum absolute atomic E-state index is 0.636. The van der Waals surface area contributed by atoms with E-state index in [-0.39, 0.29) is 0 Å². The van der Waals surface area contributed by atoms with E-state index in [1.807, 2.05) is 0 Å². The van der Waals surface area contributed by atoms with Gasteiger partial charge in [0.2, 0.25) is 0 Å². The first kappa shape index (κ1) is 10.2. The average molecular weight is 207 g/mol. The average Bonchev–Trinajstić information content (AvgIpc) is 2.02. The van der Waals surface area contributed by atoms with Crippen LogP contribution in [0.1, 0.15) is 5.69 Å². The molecule has 76 valence electrons. The molecule has 0 atom stereocenters. The number of halogens is 3. The van der Waals surface area contributed by atoms with Gasteiger partial charge in [0.1, 0.15) is 0 Å². The zero-order valence-electron chi connectivity index (χ0n) is 6.58. The van der Waals surface area contributed by atoms with Gasteiger partial charge in [-0.05, 0) is 16.0 Å². The Morgan fingerprint density at radius 3 is 2.43 bits per heavy atom. The van der Waals surface area contributed by atoms with Crippen molar-refractivity contribution in [1.82, 2.24) is 4.98 Å². The van der Waals surface area contributed by atoms with Gasteiger partial charge in [-0.1, -0.05) is 0 Å². The van der Waals surface area contributed by atoms with Crippen LogP contribution in [0, 0.1) is 10.1 Å². The molecule has 0 unspecified atom stereocenters. The van der Waals surface area contributed by atoms with Crippen molar-refractivity contribution in [2.24, 2.45) is 0 Å². The number of pyridine rings is 1. The monoisotopic (exact) mass is 207 g/mol. The topological polar surface area (TPSA) is 82.0 Å². The van der Waals surface area contributed by atoms with Gasteiger partial charge in [0.15, 0.2) is 0 Å². The normalized spacial score (nSPS) is 11.4. The molecule has 0 saturated carbocycles. The Labute approximate surface area is 75.5 Å². The highest BCUT2D eigenvalue weighted by atomic mass is 19.4. The second-order valence-corrected chi connectivity index (χ2v) is 2.36. The third-order valence-corrected chi connectivity index (χ3v) is 1.37. The molecule has 14 heavy (non-hydrogen) atoms. The van der Waals surface area contributed by atoms with Crippen molar-refractivity contribution in [2.75, 3.05) is 5.73 Å². The smallest absolute Gasteiger partial charge is 0.395 e. The number of hydrogen-bond acceptors (Lipinski definition) is 4. The van der Waals surface area contributed by atoms with Crippen LogP contribution in [0.15, 0.2) is 12.1 Å².